The molecule has 2 aliphatic carbocycles. The molecule has 2 heterocycles. The number of ketones is 1. The van der Waals surface area contributed by atoms with Gasteiger partial charge in [0.2, 0.25) is 5.78 Å². The first-order valence-electron chi connectivity index (χ1n) is 13.7. The number of ether oxygens (including phenoxy) is 2. The molecule has 3 aromatic rings. The predicted octanol–water partition coefficient (Wildman–Crippen LogP) is 5.11. The van der Waals surface area contributed by atoms with Gasteiger partial charge in [-0.3, -0.25) is 4.79 Å². The van der Waals surface area contributed by atoms with Gasteiger partial charge in [-0.2, -0.15) is 0 Å². The van der Waals surface area contributed by atoms with Gasteiger partial charge in [-0.25, -0.2) is 0 Å². The molecule has 2 aliphatic rings. The van der Waals surface area contributed by atoms with E-state index < -0.39 is 0 Å². The predicted molar refractivity (Wildman–Crippen MR) is 143 cm³/mol. The number of aromatic nitrogens is 4. The van der Waals surface area contributed by atoms with Gasteiger partial charge in [-0.1, -0.05) is 39.1 Å². The second-order valence-electron chi connectivity index (χ2n) is 11.6. The maximum Gasteiger partial charge on any atom is 0.355 e. The van der Waals surface area contributed by atoms with Crippen LogP contribution in [0.4, 0.5) is 5.95 Å². The van der Waals surface area contributed by atoms with Crippen molar-refractivity contribution in [3.8, 4) is 11.6 Å². The summed E-state index contributed by atoms with van der Waals surface area (Å²) in [5, 5.41) is 8.97. The third kappa shape index (κ3) is 4.90. The Kier molecular flexibility index (Phi) is 6.62. The Morgan fingerprint density at radius 1 is 1.16 bits per heavy atom. The molecule has 2 saturated carbocycles. The van der Waals surface area contributed by atoms with E-state index in [0.29, 0.717) is 34.7 Å². The fourth-order valence-corrected chi connectivity index (χ4v) is 5.42. The Labute approximate surface area is 219 Å². The van der Waals surface area contributed by atoms with Gasteiger partial charge in [0, 0.05) is 17.7 Å². The van der Waals surface area contributed by atoms with Crippen molar-refractivity contribution in [1.29, 1.82) is 0 Å². The fraction of sp³-hybridized carbons (Fsp3) is 0.586. The first-order chi connectivity index (χ1) is 17.7. The Hall–Kier alpha value is -3.16. The second-order valence-corrected chi connectivity index (χ2v) is 11.6. The first kappa shape index (κ1) is 25.5. The number of rotatable bonds is 10. The van der Waals surface area contributed by atoms with Crippen molar-refractivity contribution in [2.75, 3.05) is 12.8 Å². The highest BCUT2D eigenvalue weighted by Crippen LogP contribution is 2.55. The molecule has 2 N–H and O–H groups in total. The van der Waals surface area contributed by atoms with E-state index in [9.17, 15) is 4.79 Å². The quantitative estimate of drug-likeness (QED) is 0.303. The lowest BCUT2D eigenvalue weighted by Crippen LogP contribution is -2.40. The van der Waals surface area contributed by atoms with Crippen LogP contribution in [-0.4, -0.2) is 33.7 Å². The molecule has 0 radical (unpaired) electrons. The summed E-state index contributed by atoms with van der Waals surface area (Å²) >= 11 is 0. The highest BCUT2D eigenvalue weighted by molar-refractivity contribution is 5.99. The zero-order chi connectivity index (χ0) is 26.5. The van der Waals surface area contributed by atoms with Crippen LogP contribution in [0.3, 0.4) is 0 Å². The van der Waals surface area contributed by atoms with Crippen LogP contribution >= 0.6 is 0 Å². The number of nitrogens with zero attached hydrogens (tertiary/aromatic N) is 4. The molecule has 0 bridgehead atoms. The number of Topliss-reactive ketones (excluding diaryl/α,β-unsaturated/α-hetero) is 1. The van der Waals surface area contributed by atoms with Crippen molar-refractivity contribution in [2.24, 2.45) is 0 Å². The minimum atomic E-state index is -0.142. The van der Waals surface area contributed by atoms with Gasteiger partial charge in [-0.15, -0.1) is 4.68 Å². The zero-order valence-electron chi connectivity index (χ0n) is 23.0. The van der Waals surface area contributed by atoms with Crippen LogP contribution in [0.25, 0.3) is 5.65 Å². The van der Waals surface area contributed by atoms with Crippen molar-refractivity contribution >= 4 is 17.4 Å². The number of hydrogen-bond donors (Lipinski definition) is 1. The summed E-state index contributed by atoms with van der Waals surface area (Å²) in [7, 11) is 1.68. The summed E-state index contributed by atoms with van der Waals surface area (Å²) in [4.78, 5) is 13.9. The fourth-order valence-electron chi connectivity index (χ4n) is 5.42. The summed E-state index contributed by atoms with van der Waals surface area (Å²) in [6.07, 6.45) is 6.68. The van der Waals surface area contributed by atoms with Gasteiger partial charge in [0.05, 0.1) is 12.7 Å². The van der Waals surface area contributed by atoms with E-state index in [-0.39, 0.29) is 29.8 Å². The molecule has 5 rings (SSSR count). The molecular weight excluding hydrogens is 466 g/mol. The molecule has 198 valence electrons. The van der Waals surface area contributed by atoms with Gasteiger partial charge in [0.1, 0.15) is 11.9 Å². The van der Waals surface area contributed by atoms with Crippen LogP contribution < -0.4 is 19.9 Å². The number of anilines is 1. The number of hydrogen-bond acceptors (Lipinski definition) is 6. The molecular formula is C29H40N5O3+. The van der Waals surface area contributed by atoms with Gasteiger partial charge in [-0.05, 0) is 83.2 Å². The van der Waals surface area contributed by atoms with Crippen molar-refractivity contribution in [3.05, 3.63) is 40.5 Å². The minimum Gasteiger partial charge on any atom is -0.496 e. The lowest BCUT2D eigenvalue weighted by molar-refractivity contribution is -0.714. The Bertz CT molecular complexity index is 1330. The number of methoxy groups -OCH3 is 1. The van der Waals surface area contributed by atoms with E-state index in [4.69, 9.17) is 15.2 Å². The molecule has 2 fully saturated rings. The molecule has 0 saturated heterocycles. The normalized spacial score (nSPS) is 16.0. The first-order valence-corrected chi connectivity index (χ1v) is 13.7. The van der Waals surface area contributed by atoms with E-state index in [0.717, 1.165) is 12.8 Å². The van der Waals surface area contributed by atoms with Crippen molar-refractivity contribution in [2.45, 2.75) is 103 Å². The van der Waals surface area contributed by atoms with Crippen molar-refractivity contribution < 1.29 is 19.0 Å². The van der Waals surface area contributed by atoms with Crippen molar-refractivity contribution in [1.82, 2.24) is 14.7 Å². The summed E-state index contributed by atoms with van der Waals surface area (Å²) in [5.74, 6) is 2.49. The average molecular weight is 507 g/mol. The molecule has 0 aliphatic heterocycles. The minimum absolute atomic E-state index is 0.0436. The van der Waals surface area contributed by atoms with E-state index in [1.165, 1.54) is 46.9 Å². The van der Waals surface area contributed by atoms with Crippen LogP contribution in [-0.2, 0) is 12.0 Å². The molecule has 2 aromatic heterocycles. The maximum atomic E-state index is 13.9. The van der Waals surface area contributed by atoms with Crippen LogP contribution in [0.2, 0.25) is 0 Å². The van der Waals surface area contributed by atoms with Gasteiger partial charge in [0.25, 0.3) is 5.88 Å². The number of carbonyl (C=O) groups excluding carboxylic acids is 1. The molecule has 0 unspecified atom stereocenters. The number of carbonyl (C=O) groups is 1. The van der Waals surface area contributed by atoms with Crippen LogP contribution in [0, 0.1) is 0 Å². The maximum absolute atomic E-state index is 13.9. The van der Waals surface area contributed by atoms with E-state index in [1.54, 1.807) is 11.8 Å². The second kappa shape index (κ2) is 9.62. The van der Waals surface area contributed by atoms with Gasteiger partial charge >= 0.3 is 11.6 Å². The van der Waals surface area contributed by atoms with Gasteiger partial charge < -0.3 is 15.2 Å². The van der Waals surface area contributed by atoms with Gasteiger partial charge in [0.15, 0.2) is 6.54 Å². The average Bonchev–Trinajstić information content (AvgIpc) is 3.79. The number of fused-ring (bicyclic) bond motifs is 1. The molecule has 0 spiro atoms. The Morgan fingerprint density at radius 3 is 2.41 bits per heavy atom. The molecule has 0 atom stereocenters. The summed E-state index contributed by atoms with van der Waals surface area (Å²) < 4.78 is 15.1. The molecule has 37 heavy (non-hydrogen) atoms. The largest absolute Gasteiger partial charge is 0.496 e. The smallest absolute Gasteiger partial charge is 0.355 e. The summed E-state index contributed by atoms with van der Waals surface area (Å²) in [6.45, 7) is 10.9. The zero-order valence-corrected chi connectivity index (χ0v) is 23.0. The number of nitrogens with two attached hydrogens (primary N) is 1. The SMILES string of the molecule is CCC(CC)Oc1ccc2n(n1)c(N)n[n+]2CC(=O)c1cc(C2CC2)c(C2CC2)c(C(C)(C)C)c1OC. The van der Waals surface area contributed by atoms with Crippen LogP contribution in [0.15, 0.2) is 18.2 Å². The van der Waals surface area contributed by atoms with E-state index in [2.05, 4.69) is 50.9 Å². The number of benzene rings is 1. The molecule has 8 nitrogen and oxygen atoms in total. The van der Waals surface area contributed by atoms with E-state index in [1.807, 2.05) is 12.1 Å². The molecule has 8 heteroatoms. The third-order valence-corrected chi connectivity index (χ3v) is 7.60. The lowest BCUT2D eigenvalue weighted by Gasteiger charge is -2.29. The third-order valence-electron chi connectivity index (χ3n) is 7.60. The van der Waals surface area contributed by atoms with Crippen LogP contribution in [0.5, 0.6) is 11.6 Å². The van der Waals surface area contributed by atoms with Crippen molar-refractivity contribution in [3.63, 3.8) is 0 Å². The highest BCUT2D eigenvalue weighted by atomic mass is 16.5. The monoisotopic (exact) mass is 506 g/mol. The molecule has 1 aromatic carbocycles. The Morgan fingerprint density at radius 2 is 1.84 bits per heavy atom. The standard InChI is InChI=1S/C29H40N5O3/c1-7-19(8-2)37-23-13-14-24-33(32-28(30)34(24)31-23)16-22(35)21-15-20(17-9-10-17)25(18-11-12-18)26(27(21)36-6)29(3,4)5/h13-15,17-19H,7-12,16H2,1-6H3,(H2,30,32)/q+1. The van der Waals surface area contributed by atoms with Crippen LogP contribution in [0.1, 0.15) is 112 Å². The number of nitrogen functional groups attached to an aromatic ring is 1. The highest BCUT2D eigenvalue weighted by Gasteiger charge is 2.40. The Balaban J connectivity index is 1.53. The van der Waals surface area contributed by atoms with E-state index >= 15 is 0 Å². The summed E-state index contributed by atoms with van der Waals surface area (Å²) in [6, 6.07) is 5.78. The summed E-state index contributed by atoms with van der Waals surface area (Å²) in [5.41, 5.74) is 11.3. The molecule has 0 amide bonds. The topological polar surface area (TPSA) is 95.6 Å². The lowest BCUT2D eigenvalue weighted by atomic mass is 9.77.